The van der Waals surface area contributed by atoms with Crippen LogP contribution in [0.3, 0.4) is 0 Å². The molecule has 0 saturated carbocycles. The predicted octanol–water partition coefficient (Wildman–Crippen LogP) is 1.80. The summed E-state index contributed by atoms with van der Waals surface area (Å²) >= 11 is 0. The van der Waals surface area contributed by atoms with Gasteiger partial charge in [0.25, 0.3) is 5.91 Å². The maximum atomic E-state index is 12.7. The number of nitrogens with zero attached hydrogens (tertiary/aromatic N) is 2. The summed E-state index contributed by atoms with van der Waals surface area (Å²) in [5.41, 5.74) is 0.965. The van der Waals surface area contributed by atoms with Gasteiger partial charge in [0, 0.05) is 37.4 Å². The molecule has 0 radical (unpaired) electrons. The van der Waals surface area contributed by atoms with E-state index in [9.17, 15) is 18.0 Å². The maximum absolute atomic E-state index is 12.7. The SMILES string of the molecule is CCOc1ccc(NC(=O)c2ccc(S(=O)(=O)N3CCN(C=O)CC3)cc2)cc1. The molecule has 3 rings (SSSR count). The molecule has 0 aromatic heterocycles. The molecule has 1 fully saturated rings. The smallest absolute Gasteiger partial charge is 0.255 e. The third kappa shape index (κ3) is 4.93. The Bertz CT molecular complexity index is 951. The normalized spacial score (nSPS) is 15.0. The van der Waals surface area contributed by atoms with Gasteiger partial charge in [0.1, 0.15) is 5.75 Å². The Kier molecular flexibility index (Phi) is 6.50. The van der Waals surface area contributed by atoms with Crippen molar-refractivity contribution in [1.29, 1.82) is 0 Å². The quantitative estimate of drug-likeness (QED) is 0.693. The summed E-state index contributed by atoms with van der Waals surface area (Å²) in [7, 11) is -3.66. The second-order valence-electron chi connectivity index (χ2n) is 6.48. The van der Waals surface area contributed by atoms with Crippen molar-refractivity contribution in [3.8, 4) is 5.75 Å². The standard InChI is InChI=1S/C20H23N3O5S/c1-2-28-18-7-5-17(6-8-18)21-20(25)16-3-9-19(10-4-16)29(26,27)23-13-11-22(15-24)12-14-23/h3-10,15H,2,11-14H2,1H3,(H,21,25). The van der Waals surface area contributed by atoms with E-state index < -0.39 is 10.0 Å². The van der Waals surface area contributed by atoms with E-state index in [0.717, 1.165) is 6.41 Å². The number of anilines is 1. The number of ether oxygens (including phenoxy) is 1. The van der Waals surface area contributed by atoms with Gasteiger partial charge < -0.3 is 15.0 Å². The van der Waals surface area contributed by atoms with Crippen LogP contribution in [0.4, 0.5) is 5.69 Å². The van der Waals surface area contributed by atoms with Gasteiger partial charge in [0.15, 0.2) is 0 Å². The summed E-state index contributed by atoms with van der Waals surface area (Å²) in [6.07, 6.45) is 0.724. The first-order chi connectivity index (χ1) is 13.9. The first kappa shape index (κ1) is 20.8. The van der Waals surface area contributed by atoms with E-state index in [2.05, 4.69) is 5.32 Å². The van der Waals surface area contributed by atoms with Crippen LogP contribution in [0.5, 0.6) is 5.75 Å². The van der Waals surface area contributed by atoms with Gasteiger partial charge in [-0.2, -0.15) is 4.31 Å². The molecule has 1 aliphatic rings. The highest BCUT2D eigenvalue weighted by atomic mass is 32.2. The molecule has 8 nitrogen and oxygen atoms in total. The molecule has 2 aromatic rings. The molecule has 1 heterocycles. The number of carbonyl (C=O) groups is 2. The summed E-state index contributed by atoms with van der Waals surface area (Å²) in [4.78, 5) is 24.9. The number of hydrogen-bond donors (Lipinski definition) is 1. The number of nitrogens with one attached hydrogen (secondary N) is 1. The van der Waals surface area contributed by atoms with Crippen molar-refractivity contribution in [1.82, 2.24) is 9.21 Å². The summed E-state index contributed by atoms with van der Waals surface area (Å²) < 4.78 is 32.2. The molecule has 2 amide bonds. The lowest BCUT2D eigenvalue weighted by Gasteiger charge is -2.31. The average Bonchev–Trinajstić information content (AvgIpc) is 2.75. The molecular formula is C20H23N3O5S. The fraction of sp³-hybridized carbons (Fsp3) is 0.300. The Morgan fingerprint density at radius 3 is 2.21 bits per heavy atom. The van der Waals surface area contributed by atoms with Gasteiger partial charge >= 0.3 is 0 Å². The minimum atomic E-state index is -3.66. The van der Waals surface area contributed by atoms with Gasteiger partial charge in [-0.05, 0) is 55.5 Å². The molecule has 29 heavy (non-hydrogen) atoms. The van der Waals surface area contributed by atoms with Crippen molar-refractivity contribution >= 4 is 28.0 Å². The molecule has 9 heteroatoms. The predicted molar refractivity (Wildman–Crippen MR) is 108 cm³/mol. The highest BCUT2D eigenvalue weighted by molar-refractivity contribution is 7.89. The van der Waals surface area contributed by atoms with Crippen LogP contribution < -0.4 is 10.1 Å². The van der Waals surface area contributed by atoms with E-state index in [1.165, 1.54) is 28.6 Å². The minimum absolute atomic E-state index is 0.120. The summed E-state index contributed by atoms with van der Waals surface area (Å²) in [5.74, 6) is 0.381. The Labute approximate surface area is 170 Å². The minimum Gasteiger partial charge on any atom is -0.494 e. The number of hydrogen-bond acceptors (Lipinski definition) is 5. The van der Waals surface area contributed by atoms with Crippen molar-refractivity contribution < 1.29 is 22.7 Å². The number of amides is 2. The van der Waals surface area contributed by atoms with Crippen LogP contribution in [0.1, 0.15) is 17.3 Å². The highest BCUT2D eigenvalue weighted by Gasteiger charge is 2.28. The fourth-order valence-corrected chi connectivity index (χ4v) is 4.40. The van der Waals surface area contributed by atoms with E-state index in [1.807, 2.05) is 6.92 Å². The van der Waals surface area contributed by atoms with Gasteiger partial charge in [-0.3, -0.25) is 9.59 Å². The van der Waals surface area contributed by atoms with E-state index in [-0.39, 0.29) is 23.9 Å². The summed E-state index contributed by atoms with van der Waals surface area (Å²) in [6.45, 7) is 3.69. The summed E-state index contributed by atoms with van der Waals surface area (Å²) in [5, 5.41) is 2.77. The third-order valence-corrected chi connectivity index (χ3v) is 6.51. The lowest BCUT2D eigenvalue weighted by atomic mass is 10.2. The molecule has 1 N–H and O–H groups in total. The molecule has 0 spiro atoms. The lowest BCUT2D eigenvalue weighted by Crippen LogP contribution is -2.47. The average molecular weight is 417 g/mol. The lowest BCUT2D eigenvalue weighted by molar-refractivity contribution is -0.119. The largest absolute Gasteiger partial charge is 0.494 e. The molecule has 154 valence electrons. The molecule has 1 aliphatic heterocycles. The molecule has 0 bridgehead atoms. The Morgan fingerprint density at radius 2 is 1.66 bits per heavy atom. The zero-order valence-electron chi connectivity index (χ0n) is 16.1. The highest BCUT2D eigenvalue weighted by Crippen LogP contribution is 2.20. The monoisotopic (exact) mass is 417 g/mol. The second kappa shape index (κ2) is 9.06. The van der Waals surface area contributed by atoms with Crippen molar-refractivity contribution in [2.24, 2.45) is 0 Å². The molecule has 0 unspecified atom stereocenters. The zero-order chi connectivity index (χ0) is 20.9. The van der Waals surface area contributed by atoms with Crippen LogP contribution in [0, 0.1) is 0 Å². The van der Waals surface area contributed by atoms with E-state index in [1.54, 1.807) is 29.2 Å². The first-order valence-electron chi connectivity index (χ1n) is 9.28. The van der Waals surface area contributed by atoms with Crippen LogP contribution in [-0.2, 0) is 14.8 Å². The van der Waals surface area contributed by atoms with Crippen molar-refractivity contribution in [2.75, 3.05) is 38.1 Å². The fourth-order valence-electron chi connectivity index (χ4n) is 2.98. The van der Waals surface area contributed by atoms with Crippen molar-refractivity contribution in [2.45, 2.75) is 11.8 Å². The van der Waals surface area contributed by atoms with E-state index >= 15 is 0 Å². The summed E-state index contributed by atoms with van der Waals surface area (Å²) in [6, 6.07) is 12.8. The van der Waals surface area contributed by atoms with Crippen molar-refractivity contribution in [3.05, 3.63) is 54.1 Å². The van der Waals surface area contributed by atoms with Gasteiger partial charge in [-0.15, -0.1) is 0 Å². The van der Waals surface area contributed by atoms with Crippen molar-refractivity contribution in [3.63, 3.8) is 0 Å². The third-order valence-electron chi connectivity index (χ3n) is 4.60. The van der Waals surface area contributed by atoms with Gasteiger partial charge in [0.2, 0.25) is 16.4 Å². The Morgan fingerprint density at radius 1 is 1.03 bits per heavy atom. The van der Waals surface area contributed by atoms with Crippen LogP contribution >= 0.6 is 0 Å². The van der Waals surface area contributed by atoms with Crippen LogP contribution in [0.15, 0.2) is 53.4 Å². The van der Waals surface area contributed by atoms with Crippen LogP contribution in [-0.4, -0.2) is 62.7 Å². The number of carbonyl (C=O) groups excluding carboxylic acids is 2. The van der Waals surface area contributed by atoms with E-state index in [4.69, 9.17) is 4.74 Å². The number of sulfonamides is 1. The Balaban J connectivity index is 1.66. The Hall–Kier alpha value is -2.91. The molecule has 0 atom stereocenters. The molecule has 1 saturated heterocycles. The van der Waals surface area contributed by atoms with Gasteiger partial charge in [0.05, 0.1) is 11.5 Å². The maximum Gasteiger partial charge on any atom is 0.255 e. The number of benzene rings is 2. The molecule has 0 aliphatic carbocycles. The van der Waals surface area contributed by atoms with Crippen LogP contribution in [0.2, 0.25) is 0 Å². The number of piperazine rings is 1. The van der Waals surface area contributed by atoms with Gasteiger partial charge in [-0.25, -0.2) is 8.42 Å². The molecular weight excluding hydrogens is 394 g/mol. The van der Waals surface area contributed by atoms with Gasteiger partial charge in [-0.1, -0.05) is 0 Å². The zero-order valence-corrected chi connectivity index (χ0v) is 16.9. The molecule has 2 aromatic carbocycles. The topological polar surface area (TPSA) is 96.0 Å². The number of rotatable bonds is 7. The first-order valence-corrected chi connectivity index (χ1v) is 10.7. The second-order valence-corrected chi connectivity index (χ2v) is 8.42. The van der Waals surface area contributed by atoms with E-state index in [0.29, 0.717) is 36.7 Å². The van der Waals surface area contributed by atoms with Crippen LogP contribution in [0.25, 0.3) is 0 Å².